The van der Waals surface area contributed by atoms with Crippen LogP contribution in [0.4, 0.5) is 13.2 Å². The Morgan fingerprint density at radius 3 is 2.25 bits per heavy atom. The summed E-state index contributed by atoms with van der Waals surface area (Å²) < 4.78 is 43.8. The first-order valence-corrected chi connectivity index (χ1v) is 5.64. The Labute approximate surface area is 112 Å². The number of hydrogen-bond acceptors (Lipinski definition) is 3. The second kappa shape index (κ2) is 5.32. The van der Waals surface area contributed by atoms with Crippen LogP contribution in [-0.2, 0) is 14.3 Å². The Hall–Kier alpha value is -2.37. The molecule has 1 aromatic rings. The highest BCUT2D eigenvalue weighted by molar-refractivity contribution is 6.16. The predicted molar refractivity (Wildman–Crippen MR) is 63.6 cm³/mol. The van der Waals surface area contributed by atoms with Gasteiger partial charge in [-0.1, -0.05) is 30.3 Å². The number of carbonyl (C=O) groups excluding carboxylic acids is 2. The number of alkyl halides is 3. The molecule has 0 radical (unpaired) electrons. The standard InChI is InChI=1S/C14H9F3O3/c15-14(16,17)13(9-4-2-1-3-5-9)20-12-8-10(18)6-7-11(12)19/h1-8,13H. The van der Waals surface area contributed by atoms with Gasteiger partial charge in [0.15, 0.2) is 11.5 Å². The molecule has 6 heteroatoms. The molecule has 104 valence electrons. The molecule has 0 N–H and O–H groups in total. The van der Waals surface area contributed by atoms with E-state index in [0.717, 1.165) is 18.2 Å². The quantitative estimate of drug-likeness (QED) is 0.801. The van der Waals surface area contributed by atoms with Gasteiger partial charge in [0.05, 0.1) is 0 Å². The summed E-state index contributed by atoms with van der Waals surface area (Å²) in [5.74, 6) is -1.97. The lowest BCUT2D eigenvalue weighted by Gasteiger charge is -2.23. The first-order chi connectivity index (χ1) is 9.38. The molecule has 1 aliphatic rings. The van der Waals surface area contributed by atoms with Gasteiger partial charge >= 0.3 is 6.18 Å². The van der Waals surface area contributed by atoms with Crippen molar-refractivity contribution in [2.75, 3.05) is 0 Å². The highest BCUT2D eigenvalue weighted by Gasteiger charge is 2.44. The molecular formula is C14H9F3O3. The van der Waals surface area contributed by atoms with Crippen molar-refractivity contribution in [2.24, 2.45) is 0 Å². The molecule has 0 saturated heterocycles. The van der Waals surface area contributed by atoms with Crippen molar-refractivity contribution in [3.05, 3.63) is 59.9 Å². The molecule has 0 heterocycles. The molecular weight excluding hydrogens is 273 g/mol. The van der Waals surface area contributed by atoms with Crippen LogP contribution < -0.4 is 0 Å². The van der Waals surface area contributed by atoms with Crippen LogP contribution in [0.25, 0.3) is 0 Å². The SMILES string of the molecule is O=C1C=CC(=O)C(OC(c2ccccc2)C(F)(F)F)=C1. The number of hydrogen-bond donors (Lipinski definition) is 0. The highest BCUT2D eigenvalue weighted by atomic mass is 19.4. The van der Waals surface area contributed by atoms with Crippen molar-refractivity contribution >= 4 is 11.6 Å². The van der Waals surface area contributed by atoms with E-state index in [9.17, 15) is 22.8 Å². The second-order valence-corrected chi connectivity index (χ2v) is 4.06. The zero-order chi connectivity index (χ0) is 14.8. The minimum atomic E-state index is -4.70. The average molecular weight is 282 g/mol. The summed E-state index contributed by atoms with van der Waals surface area (Å²) in [4.78, 5) is 22.5. The van der Waals surface area contributed by atoms with Crippen molar-refractivity contribution < 1.29 is 27.5 Å². The van der Waals surface area contributed by atoms with Crippen LogP contribution in [-0.4, -0.2) is 17.7 Å². The van der Waals surface area contributed by atoms with E-state index in [-0.39, 0.29) is 5.56 Å². The number of carbonyl (C=O) groups is 2. The molecule has 0 aliphatic heterocycles. The van der Waals surface area contributed by atoms with E-state index in [1.807, 2.05) is 0 Å². The number of ketones is 2. The van der Waals surface area contributed by atoms with E-state index in [0.29, 0.717) is 0 Å². The van der Waals surface area contributed by atoms with E-state index in [1.165, 1.54) is 24.3 Å². The summed E-state index contributed by atoms with van der Waals surface area (Å²) in [5, 5.41) is 0. The fraction of sp³-hybridized carbons (Fsp3) is 0.143. The van der Waals surface area contributed by atoms with Gasteiger partial charge in [0, 0.05) is 11.6 Å². The molecule has 1 aliphatic carbocycles. The normalized spacial score (nSPS) is 16.9. The van der Waals surface area contributed by atoms with Crippen LogP contribution in [0.3, 0.4) is 0 Å². The van der Waals surface area contributed by atoms with Crippen molar-refractivity contribution in [1.82, 2.24) is 0 Å². The third-order valence-corrected chi connectivity index (χ3v) is 2.56. The van der Waals surface area contributed by atoms with E-state index in [1.54, 1.807) is 6.07 Å². The maximum atomic E-state index is 13.0. The summed E-state index contributed by atoms with van der Waals surface area (Å²) >= 11 is 0. The molecule has 20 heavy (non-hydrogen) atoms. The van der Waals surface area contributed by atoms with Gasteiger partial charge in [-0.3, -0.25) is 9.59 Å². The van der Waals surface area contributed by atoms with Crippen molar-refractivity contribution in [3.8, 4) is 0 Å². The average Bonchev–Trinajstić information content (AvgIpc) is 2.39. The maximum absolute atomic E-state index is 13.0. The van der Waals surface area contributed by atoms with E-state index >= 15 is 0 Å². The Morgan fingerprint density at radius 2 is 1.65 bits per heavy atom. The minimum Gasteiger partial charge on any atom is -0.472 e. The van der Waals surface area contributed by atoms with Gasteiger partial charge < -0.3 is 4.74 Å². The lowest BCUT2D eigenvalue weighted by molar-refractivity contribution is -0.212. The van der Waals surface area contributed by atoms with E-state index < -0.39 is 29.6 Å². The molecule has 0 fully saturated rings. The molecule has 1 atom stereocenters. The zero-order valence-corrected chi connectivity index (χ0v) is 10.1. The monoisotopic (exact) mass is 282 g/mol. The number of ether oxygens (including phenoxy) is 1. The van der Waals surface area contributed by atoms with Gasteiger partial charge in [-0.15, -0.1) is 0 Å². The lowest BCUT2D eigenvalue weighted by Crippen LogP contribution is -2.25. The molecule has 3 nitrogen and oxygen atoms in total. The van der Waals surface area contributed by atoms with Gasteiger partial charge in [0.2, 0.25) is 11.9 Å². The smallest absolute Gasteiger partial charge is 0.429 e. The molecule has 0 saturated carbocycles. The van der Waals surface area contributed by atoms with Gasteiger partial charge in [-0.2, -0.15) is 13.2 Å². The Balaban J connectivity index is 2.31. The summed E-state index contributed by atoms with van der Waals surface area (Å²) in [6.07, 6.45) is -4.38. The number of rotatable bonds is 3. The highest BCUT2D eigenvalue weighted by Crippen LogP contribution is 2.37. The zero-order valence-electron chi connectivity index (χ0n) is 10.1. The van der Waals surface area contributed by atoms with E-state index in [2.05, 4.69) is 0 Å². The maximum Gasteiger partial charge on any atom is 0.429 e. The first kappa shape index (κ1) is 14.0. The summed E-state index contributed by atoms with van der Waals surface area (Å²) in [6.45, 7) is 0. The lowest BCUT2D eigenvalue weighted by atomic mass is 10.1. The van der Waals surface area contributed by atoms with Crippen molar-refractivity contribution in [1.29, 1.82) is 0 Å². The third kappa shape index (κ3) is 3.14. The Kier molecular flexibility index (Phi) is 3.74. The van der Waals surface area contributed by atoms with Crippen molar-refractivity contribution in [2.45, 2.75) is 12.3 Å². The summed E-state index contributed by atoms with van der Waals surface area (Å²) in [5.41, 5.74) is -0.143. The van der Waals surface area contributed by atoms with Crippen LogP contribution >= 0.6 is 0 Å². The van der Waals surface area contributed by atoms with Gasteiger partial charge in [0.1, 0.15) is 0 Å². The Bertz CT molecular complexity index is 585. The van der Waals surface area contributed by atoms with Gasteiger partial charge in [0.25, 0.3) is 0 Å². The molecule has 0 bridgehead atoms. The molecule has 0 amide bonds. The van der Waals surface area contributed by atoms with Crippen LogP contribution in [0.5, 0.6) is 0 Å². The van der Waals surface area contributed by atoms with Crippen LogP contribution in [0, 0.1) is 0 Å². The van der Waals surface area contributed by atoms with Gasteiger partial charge in [-0.25, -0.2) is 0 Å². The molecule has 1 aromatic carbocycles. The van der Waals surface area contributed by atoms with E-state index in [4.69, 9.17) is 4.74 Å². The van der Waals surface area contributed by atoms with Crippen LogP contribution in [0.1, 0.15) is 11.7 Å². The number of halogens is 3. The van der Waals surface area contributed by atoms with Crippen molar-refractivity contribution in [3.63, 3.8) is 0 Å². The number of allylic oxidation sites excluding steroid dienone is 3. The molecule has 0 spiro atoms. The number of benzene rings is 1. The van der Waals surface area contributed by atoms with Crippen LogP contribution in [0.2, 0.25) is 0 Å². The summed E-state index contributed by atoms with van der Waals surface area (Å²) in [6, 6.07) is 6.90. The predicted octanol–water partition coefficient (Wildman–Crippen LogP) is 2.90. The fourth-order valence-electron chi connectivity index (χ4n) is 1.66. The fourth-order valence-corrected chi connectivity index (χ4v) is 1.66. The minimum absolute atomic E-state index is 0.143. The van der Waals surface area contributed by atoms with Gasteiger partial charge in [-0.05, 0) is 12.2 Å². The van der Waals surface area contributed by atoms with Crippen LogP contribution in [0.15, 0.2) is 54.3 Å². The molecule has 1 unspecified atom stereocenters. The molecule has 2 rings (SSSR count). The third-order valence-electron chi connectivity index (χ3n) is 2.56. The summed E-state index contributed by atoms with van der Waals surface area (Å²) in [7, 11) is 0. The molecule has 0 aromatic heterocycles. The topological polar surface area (TPSA) is 43.4 Å². The second-order valence-electron chi connectivity index (χ2n) is 4.06. The Morgan fingerprint density at radius 1 is 1.00 bits per heavy atom. The first-order valence-electron chi connectivity index (χ1n) is 5.64. The largest absolute Gasteiger partial charge is 0.472 e.